The number of rotatable bonds is 5. The maximum absolute atomic E-state index is 13.6. The fraction of sp³-hybridized carbons (Fsp3) is 0.346. The first-order valence-electron chi connectivity index (χ1n) is 11.7. The Kier molecular flexibility index (Phi) is 6.67. The van der Waals surface area contributed by atoms with Crippen LogP contribution in [0.15, 0.2) is 60.9 Å². The van der Waals surface area contributed by atoms with Crippen molar-refractivity contribution in [3.8, 4) is 11.3 Å². The minimum absolute atomic E-state index is 0.0419. The average molecular weight is 462 g/mol. The number of aromatic nitrogens is 2. The van der Waals surface area contributed by atoms with Gasteiger partial charge >= 0.3 is 0 Å². The summed E-state index contributed by atoms with van der Waals surface area (Å²) in [5, 5.41) is 3.07. The zero-order valence-corrected chi connectivity index (χ0v) is 19.0. The number of ether oxygens (including phenoxy) is 1. The Morgan fingerprint density at radius 1 is 0.941 bits per heavy atom. The van der Waals surface area contributed by atoms with Crippen LogP contribution in [0.1, 0.15) is 12.8 Å². The Bertz CT molecular complexity index is 1130. The van der Waals surface area contributed by atoms with Gasteiger partial charge in [0.25, 0.3) is 0 Å². The highest BCUT2D eigenvalue weighted by Crippen LogP contribution is 2.26. The summed E-state index contributed by atoms with van der Waals surface area (Å²) in [6.07, 6.45) is 3.00. The van der Waals surface area contributed by atoms with Crippen LogP contribution >= 0.6 is 0 Å². The lowest BCUT2D eigenvalue weighted by molar-refractivity contribution is -0.120. The van der Waals surface area contributed by atoms with Gasteiger partial charge in [-0.15, -0.1) is 0 Å². The molecule has 8 heteroatoms. The maximum atomic E-state index is 13.6. The molecule has 0 bridgehead atoms. The molecule has 176 valence electrons. The van der Waals surface area contributed by atoms with Crippen molar-refractivity contribution in [3.05, 3.63) is 66.7 Å². The van der Waals surface area contributed by atoms with Crippen molar-refractivity contribution in [3.63, 3.8) is 0 Å². The topological polar surface area (TPSA) is 70.6 Å². The summed E-state index contributed by atoms with van der Waals surface area (Å²) >= 11 is 0. The normalized spacial score (nSPS) is 17.0. The monoisotopic (exact) mass is 461 g/mol. The van der Waals surface area contributed by atoms with Gasteiger partial charge in [-0.2, -0.15) is 0 Å². The van der Waals surface area contributed by atoms with E-state index >= 15 is 0 Å². The zero-order chi connectivity index (χ0) is 23.3. The number of hydrogen-bond acceptors (Lipinski definition) is 6. The molecule has 0 aliphatic carbocycles. The van der Waals surface area contributed by atoms with Gasteiger partial charge in [-0.1, -0.05) is 12.1 Å². The van der Waals surface area contributed by atoms with Crippen LogP contribution in [0.25, 0.3) is 11.3 Å². The molecule has 3 heterocycles. The first-order chi connectivity index (χ1) is 16.7. The molecule has 2 saturated heterocycles. The number of halogens is 1. The van der Waals surface area contributed by atoms with Gasteiger partial charge in [-0.3, -0.25) is 4.79 Å². The van der Waals surface area contributed by atoms with Crippen molar-refractivity contribution in [2.24, 2.45) is 5.92 Å². The standard InChI is InChI=1S/C26H28FN5O2/c27-21-3-1-2-20(16-21)24-17-25(29-18-28-24)32-10-8-19(9-11-32)26(33)30-22-4-6-23(7-5-22)31-12-14-34-15-13-31/h1-7,16-19H,8-15H2,(H,30,33). The number of benzene rings is 2. The third-order valence-corrected chi connectivity index (χ3v) is 6.47. The number of carbonyl (C=O) groups is 1. The number of hydrogen-bond donors (Lipinski definition) is 1. The quantitative estimate of drug-likeness (QED) is 0.620. The van der Waals surface area contributed by atoms with E-state index in [4.69, 9.17) is 4.74 Å². The van der Waals surface area contributed by atoms with Gasteiger partial charge < -0.3 is 19.9 Å². The molecule has 3 aromatic rings. The van der Waals surface area contributed by atoms with Crippen LogP contribution in [-0.2, 0) is 9.53 Å². The second-order valence-corrected chi connectivity index (χ2v) is 8.67. The molecule has 0 spiro atoms. The fourth-order valence-corrected chi connectivity index (χ4v) is 4.52. The van der Waals surface area contributed by atoms with Crippen LogP contribution in [0.4, 0.5) is 21.6 Å². The summed E-state index contributed by atoms with van der Waals surface area (Å²) in [5.41, 5.74) is 3.37. The second-order valence-electron chi connectivity index (χ2n) is 8.67. The van der Waals surface area contributed by atoms with E-state index in [-0.39, 0.29) is 17.6 Å². The molecule has 1 N–H and O–H groups in total. The van der Waals surface area contributed by atoms with E-state index in [1.807, 2.05) is 24.3 Å². The van der Waals surface area contributed by atoms with Crippen LogP contribution < -0.4 is 15.1 Å². The predicted octanol–water partition coefficient (Wildman–Crippen LogP) is 3.97. The molecule has 2 fully saturated rings. The molecule has 0 atom stereocenters. The highest BCUT2D eigenvalue weighted by atomic mass is 19.1. The van der Waals surface area contributed by atoms with E-state index in [1.165, 1.54) is 18.5 Å². The molecule has 0 unspecified atom stereocenters. The average Bonchev–Trinajstić information content (AvgIpc) is 2.90. The van der Waals surface area contributed by atoms with Gasteiger partial charge in [-0.05, 0) is 49.2 Å². The number of nitrogens with zero attached hydrogens (tertiary/aromatic N) is 4. The SMILES string of the molecule is O=C(Nc1ccc(N2CCOCC2)cc1)C1CCN(c2cc(-c3cccc(F)c3)ncn2)CC1. The zero-order valence-electron chi connectivity index (χ0n) is 19.0. The van der Waals surface area contributed by atoms with Crippen molar-refractivity contribution >= 4 is 23.1 Å². The number of nitrogens with one attached hydrogen (secondary N) is 1. The van der Waals surface area contributed by atoms with Gasteiger partial charge in [0.1, 0.15) is 18.0 Å². The first-order valence-corrected chi connectivity index (χ1v) is 11.7. The van der Waals surface area contributed by atoms with Gasteiger partial charge in [-0.25, -0.2) is 14.4 Å². The Morgan fingerprint density at radius 2 is 1.71 bits per heavy atom. The lowest BCUT2D eigenvalue weighted by Crippen LogP contribution is -2.38. The molecule has 2 aromatic carbocycles. The van der Waals surface area contributed by atoms with Gasteiger partial charge in [0.2, 0.25) is 5.91 Å². The van der Waals surface area contributed by atoms with Gasteiger partial charge in [0, 0.05) is 55.1 Å². The van der Waals surface area contributed by atoms with Crippen molar-refractivity contribution in [2.75, 3.05) is 54.5 Å². The van der Waals surface area contributed by atoms with E-state index in [2.05, 4.69) is 37.2 Å². The highest BCUT2D eigenvalue weighted by Gasteiger charge is 2.26. The molecule has 2 aliphatic heterocycles. The molecular formula is C26H28FN5O2. The Hall–Kier alpha value is -3.52. The summed E-state index contributed by atoms with van der Waals surface area (Å²) in [6, 6.07) is 16.3. The van der Waals surface area contributed by atoms with Gasteiger partial charge in [0.15, 0.2) is 0 Å². The maximum Gasteiger partial charge on any atom is 0.227 e. The number of carbonyl (C=O) groups excluding carboxylic acids is 1. The summed E-state index contributed by atoms with van der Waals surface area (Å²) in [6.45, 7) is 4.73. The van der Waals surface area contributed by atoms with Crippen molar-refractivity contribution in [2.45, 2.75) is 12.8 Å². The Morgan fingerprint density at radius 3 is 2.44 bits per heavy atom. The largest absolute Gasteiger partial charge is 0.378 e. The third-order valence-electron chi connectivity index (χ3n) is 6.47. The van der Waals surface area contributed by atoms with E-state index in [9.17, 15) is 9.18 Å². The van der Waals surface area contributed by atoms with E-state index in [1.54, 1.807) is 6.07 Å². The summed E-state index contributed by atoms with van der Waals surface area (Å²) in [4.78, 5) is 26.0. The number of amides is 1. The molecule has 1 aromatic heterocycles. The first kappa shape index (κ1) is 22.3. The van der Waals surface area contributed by atoms with E-state index < -0.39 is 0 Å². The Balaban J connectivity index is 1.16. The number of morpholine rings is 1. The summed E-state index contributed by atoms with van der Waals surface area (Å²) < 4.78 is 19.0. The molecule has 5 rings (SSSR count). The van der Waals surface area contributed by atoms with E-state index in [0.717, 1.165) is 75.0 Å². The second kappa shape index (κ2) is 10.2. The molecule has 34 heavy (non-hydrogen) atoms. The molecule has 1 amide bonds. The predicted molar refractivity (Wildman–Crippen MR) is 130 cm³/mol. The lowest BCUT2D eigenvalue weighted by Gasteiger charge is -2.32. The Labute approximate surface area is 198 Å². The van der Waals surface area contributed by atoms with Crippen molar-refractivity contribution < 1.29 is 13.9 Å². The van der Waals surface area contributed by atoms with Crippen LogP contribution in [0, 0.1) is 11.7 Å². The fourth-order valence-electron chi connectivity index (χ4n) is 4.52. The molecule has 0 radical (unpaired) electrons. The summed E-state index contributed by atoms with van der Waals surface area (Å²) in [7, 11) is 0. The molecule has 7 nitrogen and oxygen atoms in total. The van der Waals surface area contributed by atoms with Crippen LogP contribution in [0.5, 0.6) is 0 Å². The number of anilines is 3. The van der Waals surface area contributed by atoms with Crippen LogP contribution in [0.3, 0.4) is 0 Å². The highest BCUT2D eigenvalue weighted by molar-refractivity contribution is 5.92. The van der Waals surface area contributed by atoms with Crippen LogP contribution in [0.2, 0.25) is 0 Å². The molecule has 2 aliphatic rings. The number of piperidine rings is 1. The van der Waals surface area contributed by atoms with E-state index in [0.29, 0.717) is 5.69 Å². The van der Waals surface area contributed by atoms with Gasteiger partial charge in [0.05, 0.1) is 18.9 Å². The van der Waals surface area contributed by atoms with Crippen LogP contribution in [-0.4, -0.2) is 55.3 Å². The van der Waals surface area contributed by atoms with Crippen molar-refractivity contribution in [1.82, 2.24) is 9.97 Å². The third kappa shape index (κ3) is 5.17. The molecular weight excluding hydrogens is 433 g/mol. The van der Waals surface area contributed by atoms with Crippen molar-refractivity contribution in [1.29, 1.82) is 0 Å². The minimum atomic E-state index is -0.291. The lowest BCUT2D eigenvalue weighted by atomic mass is 9.95. The summed E-state index contributed by atoms with van der Waals surface area (Å²) in [5.74, 6) is 0.522. The minimum Gasteiger partial charge on any atom is -0.378 e. The molecule has 0 saturated carbocycles. The smallest absolute Gasteiger partial charge is 0.227 e.